The second-order valence-corrected chi connectivity index (χ2v) is 8.89. The lowest BCUT2D eigenvalue weighted by atomic mass is 10.1. The van der Waals surface area contributed by atoms with E-state index in [4.69, 9.17) is 4.98 Å². The molecule has 2 aromatic heterocycles. The van der Waals surface area contributed by atoms with Gasteiger partial charge < -0.3 is 10.2 Å². The van der Waals surface area contributed by atoms with Gasteiger partial charge in [-0.25, -0.2) is 4.98 Å². The standard InChI is InChI=1S/C28H41N5O/c1-7-12-13-16-25-26(29-23-18-17-21(19-20(23)6)32(10-4)11-5)27-30-24(15-9-3)22(14-8-2)28(34)33(27)31-25/h13,16-19,29,31H,7-12,14-15H2,1-6H3/b16-13+. The Labute approximate surface area is 204 Å². The number of allylic oxidation sites excluding steroid dienone is 1. The van der Waals surface area contributed by atoms with Crippen LogP contribution in [-0.2, 0) is 12.8 Å². The number of benzene rings is 1. The first kappa shape index (κ1) is 25.6. The zero-order chi connectivity index (χ0) is 24.7. The van der Waals surface area contributed by atoms with Crippen LogP contribution in [0, 0.1) is 6.92 Å². The highest BCUT2D eigenvalue weighted by Gasteiger charge is 2.19. The van der Waals surface area contributed by atoms with Gasteiger partial charge in [0.15, 0.2) is 5.65 Å². The zero-order valence-corrected chi connectivity index (χ0v) is 21.8. The number of unbranched alkanes of at least 4 members (excludes halogenated alkanes) is 1. The Bertz CT molecular complexity index is 1180. The van der Waals surface area contributed by atoms with Crippen molar-refractivity contribution in [1.29, 1.82) is 0 Å². The van der Waals surface area contributed by atoms with Gasteiger partial charge in [0.2, 0.25) is 0 Å². The van der Waals surface area contributed by atoms with Crippen molar-refractivity contribution in [2.75, 3.05) is 23.3 Å². The number of aromatic nitrogens is 3. The van der Waals surface area contributed by atoms with Gasteiger partial charge in [-0.15, -0.1) is 0 Å². The molecule has 34 heavy (non-hydrogen) atoms. The Kier molecular flexibility index (Phi) is 8.97. The zero-order valence-electron chi connectivity index (χ0n) is 21.8. The maximum atomic E-state index is 13.4. The lowest BCUT2D eigenvalue weighted by Gasteiger charge is -2.22. The average molecular weight is 464 g/mol. The molecule has 3 aromatic rings. The predicted molar refractivity (Wildman–Crippen MR) is 146 cm³/mol. The third-order valence-electron chi connectivity index (χ3n) is 6.31. The van der Waals surface area contributed by atoms with Crippen LogP contribution in [0.4, 0.5) is 17.1 Å². The van der Waals surface area contributed by atoms with Crippen molar-refractivity contribution >= 4 is 28.8 Å². The summed E-state index contributed by atoms with van der Waals surface area (Å²) in [7, 11) is 0. The molecule has 3 rings (SSSR count). The summed E-state index contributed by atoms with van der Waals surface area (Å²) in [5.74, 6) is 0. The third-order valence-corrected chi connectivity index (χ3v) is 6.31. The maximum absolute atomic E-state index is 13.4. The molecule has 2 heterocycles. The molecular weight excluding hydrogens is 422 g/mol. The molecule has 6 nitrogen and oxygen atoms in total. The molecule has 2 N–H and O–H groups in total. The fourth-order valence-corrected chi connectivity index (χ4v) is 4.43. The normalized spacial score (nSPS) is 11.6. The summed E-state index contributed by atoms with van der Waals surface area (Å²) in [6.07, 6.45) is 9.72. The largest absolute Gasteiger partial charge is 0.372 e. The van der Waals surface area contributed by atoms with Gasteiger partial charge in [0.1, 0.15) is 5.69 Å². The van der Waals surface area contributed by atoms with Crippen LogP contribution in [-0.4, -0.2) is 27.7 Å². The smallest absolute Gasteiger partial charge is 0.276 e. The molecule has 0 aliphatic heterocycles. The minimum absolute atomic E-state index is 0.0158. The monoisotopic (exact) mass is 463 g/mol. The van der Waals surface area contributed by atoms with Crippen molar-refractivity contribution in [1.82, 2.24) is 14.6 Å². The van der Waals surface area contributed by atoms with Crippen molar-refractivity contribution in [3.63, 3.8) is 0 Å². The van der Waals surface area contributed by atoms with Crippen LogP contribution in [0.15, 0.2) is 29.1 Å². The van der Waals surface area contributed by atoms with Gasteiger partial charge in [0.25, 0.3) is 5.56 Å². The van der Waals surface area contributed by atoms with E-state index >= 15 is 0 Å². The third kappa shape index (κ3) is 5.37. The van der Waals surface area contributed by atoms with E-state index in [0.717, 1.165) is 85.5 Å². The highest BCUT2D eigenvalue weighted by atomic mass is 16.1. The number of hydrogen-bond acceptors (Lipinski definition) is 4. The molecule has 1 aromatic carbocycles. The number of H-pyrrole nitrogens is 1. The van der Waals surface area contributed by atoms with E-state index in [-0.39, 0.29) is 5.56 Å². The average Bonchev–Trinajstić information content (AvgIpc) is 3.16. The fraction of sp³-hybridized carbons (Fsp3) is 0.500. The van der Waals surface area contributed by atoms with Gasteiger partial charge in [-0.1, -0.05) is 46.1 Å². The number of anilines is 3. The van der Waals surface area contributed by atoms with Gasteiger partial charge in [-0.05, 0) is 69.9 Å². The summed E-state index contributed by atoms with van der Waals surface area (Å²) in [6.45, 7) is 14.8. The SMILES string of the molecule is CCC/C=C/c1[nH]n2c(=O)c(CCC)c(CCC)nc2c1Nc1ccc(N(CC)CC)cc1C. The Morgan fingerprint density at radius 1 is 1.06 bits per heavy atom. The highest BCUT2D eigenvalue weighted by molar-refractivity contribution is 5.83. The summed E-state index contributed by atoms with van der Waals surface area (Å²) < 4.78 is 1.62. The number of hydrogen-bond donors (Lipinski definition) is 2. The van der Waals surface area contributed by atoms with Crippen LogP contribution in [0.3, 0.4) is 0 Å². The van der Waals surface area contributed by atoms with E-state index in [0.29, 0.717) is 5.65 Å². The fourth-order valence-electron chi connectivity index (χ4n) is 4.43. The number of aromatic amines is 1. The summed E-state index contributed by atoms with van der Waals surface area (Å²) >= 11 is 0. The number of fused-ring (bicyclic) bond motifs is 1. The minimum Gasteiger partial charge on any atom is -0.372 e. The molecule has 0 amide bonds. The van der Waals surface area contributed by atoms with Crippen molar-refractivity contribution in [3.05, 3.63) is 57.1 Å². The van der Waals surface area contributed by atoms with Gasteiger partial charge in [0.05, 0.1) is 11.4 Å². The van der Waals surface area contributed by atoms with Crippen LogP contribution in [0.1, 0.15) is 82.8 Å². The van der Waals surface area contributed by atoms with E-state index in [1.165, 1.54) is 5.69 Å². The summed E-state index contributed by atoms with van der Waals surface area (Å²) in [6, 6.07) is 6.51. The molecule has 184 valence electrons. The molecule has 0 bridgehead atoms. The van der Waals surface area contributed by atoms with E-state index in [9.17, 15) is 4.79 Å². The molecule has 6 heteroatoms. The van der Waals surface area contributed by atoms with E-state index in [1.807, 2.05) is 0 Å². The van der Waals surface area contributed by atoms with Gasteiger partial charge in [-0.2, -0.15) is 4.52 Å². The lowest BCUT2D eigenvalue weighted by molar-refractivity contribution is 0.778. The molecule has 0 saturated heterocycles. The predicted octanol–water partition coefficient (Wildman–Crippen LogP) is 6.64. The van der Waals surface area contributed by atoms with Crippen LogP contribution in [0.25, 0.3) is 11.7 Å². The first-order valence-corrected chi connectivity index (χ1v) is 12.9. The molecule has 0 aliphatic rings. The van der Waals surface area contributed by atoms with Crippen molar-refractivity contribution in [3.8, 4) is 0 Å². The summed E-state index contributed by atoms with van der Waals surface area (Å²) in [4.78, 5) is 20.8. The topological polar surface area (TPSA) is 65.4 Å². The highest BCUT2D eigenvalue weighted by Crippen LogP contribution is 2.30. The molecule has 0 spiro atoms. The number of rotatable bonds is 12. The van der Waals surface area contributed by atoms with Crippen LogP contribution >= 0.6 is 0 Å². The number of nitrogens with one attached hydrogen (secondary N) is 2. The van der Waals surface area contributed by atoms with Crippen molar-refractivity contribution in [2.45, 2.75) is 80.1 Å². The van der Waals surface area contributed by atoms with Gasteiger partial charge in [0, 0.05) is 30.0 Å². The van der Waals surface area contributed by atoms with E-state index < -0.39 is 0 Å². The Hall–Kier alpha value is -3.02. The Morgan fingerprint density at radius 2 is 1.79 bits per heavy atom. The first-order chi connectivity index (χ1) is 16.5. The van der Waals surface area contributed by atoms with Crippen LogP contribution in [0.5, 0.6) is 0 Å². The minimum atomic E-state index is 0.0158. The molecule has 0 radical (unpaired) electrons. The molecular formula is C28H41N5O. The molecule has 0 atom stereocenters. The second kappa shape index (κ2) is 11.9. The number of aryl methyl sites for hydroxylation is 2. The Morgan fingerprint density at radius 3 is 2.41 bits per heavy atom. The molecule has 0 aliphatic carbocycles. The number of nitrogens with zero attached hydrogens (tertiary/aromatic N) is 3. The van der Waals surface area contributed by atoms with Crippen LogP contribution in [0.2, 0.25) is 0 Å². The van der Waals surface area contributed by atoms with E-state index in [2.05, 4.69) is 87.2 Å². The molecule has 0 fully saturated rings. The Balaban J connectivity index is 2.16. The first-order valence-electron chi connectivity index (χ1n) is 12.9. The van der Waals surface area contributed by atoms with Crippen molar-refractivity contribution < 1.29 is 0 Å². The van der Waals surface area contributed by atoms with Crippen LogP contribution < -0.4 is 15.8 Å². The quantitative estimate of drug-likeness (QED) is 0.316. The maximum Gasteiger partial charge on any atom is 0.276 e. The van der Waals surface area contributed by atoms with E-state index in [1.54, 1.807) is 4.52 Å². The molecule has 0 unspecified atom stereocenters. The van der Waals surface area contributed by atoms with Gasteiger partial charge in [-0.3, -0.25) is 9.89 Å². The van der Waals surface area contributed by atoms with Gasteiger partial charge >= 0.3 is 0 Å². The summed E-state index contributed by atoms with van der Waals surface area (Å²) in [5.41, 5.74) is 7.56. The lowest BCUT2D eigenvalue weighted by Crippen LogP contribution is -2.23. The molecule has 0 saturated carbocycles. The van der Waals surface area contributed by atoms with Crippen molar-refractivity contribution in [2.24, 2.45) is 0 Å². The second-order valence-electron chi connectivity index (χ2n) is 8.89. The summed E-state index contributed by atoms with van der Waals surface area (Å²) in [5, 5.41) is 6.95.